The van der Waals surface area contributed by atoms with E-state index in [-0.39, 0.29) is 5.91 Å². The van der Waals surface area contributed by atoms with Gasteiger partial charge in [-0.25, -0.2) is 10.8 Å². The third kappa shape index (κ3) is 2.12. The minimum absolute atomic E-state index is 0.333. The Balaban J connectivity index is 1.94. The topological polar surface area (TPSA) is 86.1 Å². The molecule has 0 saturated carbocycles. The zero-order chi connectivity index (χ0) is 14.1. The van der Waals surface area contributed by atoms with E-state index in [4.69, 9.17) is 10.3 Å². The molecule has 1 aliphatic carbocycles. The molecule has 6 heteroatoms. The Hall–Kier alpha value is -2.08. The number of hydrazine groups is 1. The van der Waals surface area contributed by atoms with Gasteiger partial charge in [-0.05, 0) is 38.7 Å². The number of nitrogens with one attached hydrogen (secondary N) is 1. The number of nitrogens with zero attached hydrogens (tertiary/aromatic N) is 2. The number of carbonyl (C=O) groups is 1. The lowest BCUT2D eigenvalue weighted by Crippen LogP contribution is -2.30. The van der Waals surface area contributed by atoms with Crippen molar-refractivity contribution < 1.29 is 9.21 Å². The molecule has 1 aliphatic rings. The summed E-state index contributed by atoms with van der Waals surface area (Å²) < 4.78 is 7.58. The fraction of sp³-hybridized carbons (Fsp3) is 0.429. The molecule has 0 fully saturated rings. The van der Waals surface area contributed by atoms with Gasteiger partial charge in [0.1, 0.15) is 11.6 Å². The SMILES string of the molecule is Cc1nc2c(n1Cc1occc1C(=O)NN)CCCC2. The molecule has 3 N–H and O–H groups in total. The summed E-state index contributed by atoms with van der Waals surface area (Å²) in [6.07, 6.45) is 5.98. The van der Waals surface area contributed by atoms with Crippen LogP contribution in [0.15, 0.2) is 16.7 Å². The standard InChI is InChI=1S/C14H18N4O2/c1-9-16-11-4-2-3-5-12(11)18(9)8-13-10(6-7-20-13)14(19)17-15/h6-7H,2-5,8,15H2,1H3,(H,17,19). The second-order valence-electron chi connectivity index (χ2n) is 5.08. The van der Waals surface area contributed by atoms with E-state index < -0.39 is 0 Å². The van der Waals surface area contributed by atoms with E-state index in [2.05, 4.69) is 15.0 Å². The Bertz CT molecular complexity index is 642. The lowest BCUT2D eigenvalue weighted by atomic mass is 10.0. The highest BCUT2D eigenvalue weighted by Crippen LogP contribution is 2.24. The van der Waals surface area contributed by atoms with Crippen LogP contribution in [0.1, 0.15) is 46.2 Å². The lowest BCUT2D eigenvalue weighted by Gasteiger charge is -2.14. The van der Waals surface area contributed by atoms with Crippen LogP contribution in [-0.4, -0.2) is 15.5 Å². The Morgan fingerprint density at radius 2 is 2.30 bits per heavy atom. The van der Waals surface area contributed by atoms with Gasteiger partial charge in [0.15, 0.2) is 0 Å². The van der Waals surface area contributed by atoms with E-state index in [0.29, 0.717) is 17.9 Å². The molecule has 0 atom stereocenters. The number of aryl methyl sites for hydroxylation is 2. The summed E-state index contributed by atoms with van der Waals surface area (Å²) >= 11 is 0. The summed E-state index contributed by atoms with van der Waals surface area (Å²) in [7, 11) is 0. The maximum atomic E-state index is 11.7. The molecule has 0 aromatic carbocycles. The van der Waals surface area contributed by atoms with Crippen LogP contribution >= 0.6 is 0 Å². The second kappa shape index (κ2) is 5.13. The van der Waals surface area contributed by atoms with Crippen molar-refractivity contribution in [1.29, 1.82) is 0 Å². The number of rotatable bonds is 3. The van der Waals surface area contributed by atoms with Crippen LogP contribution in [0.25, 0.3) is 0 Å². The van der Waals surface area contributed by atoms with Gasteiger partial charge in [0, 0.05) is 5.69 Å². The smallest absolute Gasteiger partial charge is 0.268 e. The molecule has 2 aromatic heterocycles. The van der Waals surface area contributed by atoms with E-state index in [9.17, 15) is 4.79 Å². The first-order valence-corrected chi connectivity index (χ1v) is 6.83. The molecule has 106 valence electrons. The number of hydrogen-bond donors (Lipinski definition) is 2. The average molecular weight is 274 g/mol. The Morgan fingerprint density at radius 3 is 3.10 bits per heavy atom. The van der Waals surface area contributed by atoms with Crippen LogP contribution in [0.5, 0.6) is 0 Å². The normalized spacial score (nSPS) is 14.1. The highest BCUT2D eigenvalue weighted by Gasteiger charge is 2.21. The number of nitrogens with two attached hydrogens (primary N) is 1. The van der Waals surface area contributed by atoms with Gasteiger partial charge in [0.25, 0.3) is 5.91 Å². The van der Waals surface area contributed by atoms with E-state index in [1.165, 1.54) is 30.5 Å². The van der Waals surface area contributed by atoms with Gasteiger partial charge in [-0.15, -0.1) is 0 Å². The Kier molecular flexibility index (Phi) is 3.31. The van der Waals surface area contributed by atoms with Crippen molar-refractivity contribution >= 4 is 5.91 Å². The molecular weight excluding hydrogens is 256 g/mol. The van der Waals surface area contributed by atoms with Gasteiger partial charge >= 0.3 is 0 Å². The number of fused-ring (bicyclic) bond motifs is 1. The van der Waals surface area contributed by atoms with Crippen molar-refractivity contribution in [3.63, 3.8) is 0 Å². The molecule has 0 saturated heterocycles. The number of nitrogen functional groups attached to an aromatic ring is 1. The van der Waals surface area contributed by atoms with Crippen molar-refractivity contribution in [2.75, 3.05) is 0 Å². The minimum Gasteiger partial charge on any atom is -0.467 e. The fourth-order valence-electron chi connectivity index (χ4n) is 2.83. The number of amides is 1. The molecule has 0 radical (unpaired) electrons. The third-order valence-corrected chi connectivity index (χ3v) is 3.85. The highest BCUT2D eigenvalue weighted by molar-refractivity contribution is 5.94. The highest BCUT2D eigenvalue weighted by atomic mass is 16.3. The van der Waals surface area contributed by atoms with Gasteiger partial charge in [0.05, 0.1) is 24.1 Å². The zero-order valence-corrected chi connectivity index (χ0v) is 11.5. The molecule has 0 aliphatic heterocycles. The summed E-state index contributed by atoms with van der Waals surface area (Å²) in [6, 6.07) is 1.64. The maximum Gasteiger partial charge on any atom is 0.268 e. The first kappa shape index (κ1) is 12.9. The van der Waals surface area contributed by atoms with Crippen molar-refractivity contribution in [2.45, 2.75) is 39.2 Å². The largest absolute Gasteiger partial charge is 0.467 e. The van der Waals surface area contributed by atoms with Gasteiger partial charge < -0.3 is 8.98 Å². The van der Waals surface area contributed by atoms with Gasteiger partial charge in [0.2, 0.25) is 0 Å². The molecule has 3 rings (SSSR count). The Morgan fingerprint density at radius 1 is 1.50 bits per heavy atom. The zero-order valence-electron chi connectivity index (χ0n) is 11.5. The van der Waals surface area contributed by atoms with Gasteiger partial charge in [-0.3, -0.25) is 10.2 Å². The number of furan rings is 1. The van der Waals surface area contributed by atoms with E-state index in [0.717, 1.165) is 18.7 Å². The van der Waals surface area contributed by atoms with Crippen molar-refractivity contribution in [1.82, 2.24) is 15.0 Å². The minimum atomic E-state index is -0.333. The van der Waals surface area contributed by atoms with Crippen LogP contribution in [0, 0.1) is 6.92 Å². The van der Waals surface area contributed by atoms with Crippen LogP contribution in [-0.2, 0) is 19.4 Å². The predicted molar refractivity (Wildman–Crippen MR) is 73.1 cm³/mol. The monoisotopic (exact) mass is 274 g/mol. The first-order valence-electron chi connectivity index (χ1n) is 6.83. The fourth-order valence-corrected chi connectivity index (χ4v) is 2.83. The molecule has 0 bridgehead atoms. The summed E-state index contributed by atoms with van der Waals surface area (Å²) in [5.74, 6) is 6.43. The van der Waals surface area contributed by atoms with Gasteiger partial charge in [-0.2, -0.15) is 0 Å². The molecule has 0 unspecified atom stereocenters. The van der Waals surface area contributed by atoms with Crippen molar-refractivity contribution in [3.05, 3.63) is 40.9 Å². The molecule has 0 spiro atoms. The van der Waals surface area contributed by atoms with Gasteiger partial charge in [-0.1, -0.05) is 0 Å². The molecule has 20 heavy (non-hydrogen) atoms. The number of hydrogen-bond acceptors (Lipinski definition) is 4. The summed E-state index contributed by atoms with van der Waals surface area (Å²) in [4.78, 5) is 16.3. The molecular formula is C14H18N4O2. The van der Waals surface area contributed by atoms with Crippen molar-refractivity contribution in [2.24, 2.45) is 5.84 Å². The number of imidazole rings is 1. The van der Waals surface area contributed by atoms with Crippen molar-refractivity contribution in [3.8, 4) is 0 Å². The van der Waals surface area contributed by atoms with Crippen LogP contribution < -0.4 is 11.3 Å². The van der Waals surface area contributed by atoms with Crippen LogP contribution in [0.2, 0.25) is 0 Å². The quantitative estimate of drug-likeness (QED) is 0.502. The predicted octanol–water partition coefficient (Wildman–Crippen LogP) is 1.32. The molecule has 6 nitrogen and oxygen atoms in total. The van der Waals surface area contributed by atoms with E-state index >= 15 is 0 Å². The second-order valence-corrected chi connectivity index (χ2v) is 5.08. The Labute approximate surface area is 116 Å². The summed E-state index contributed by atoms with van der Waals surface area (Å²) in [6.45, 7) is 2.51. The number of carbonyl (C=O) groups excluding carboxylic acids is 1. The summed E-state index contributed by atoms with van der Waals surface area (Å²) in [5.41, 5.74) is 5.07. The van der Waals surface area contributed by atoms with E-state index in [1.807, 2.05) is 6.92 Å². The molecule has 1 amide bonds. The maximum absolute atomic E-state index is 11.7. The van der Waals surface area contributed by atoms with Crippen LogP contribution in [0.4, 0.5) is 0 Å². The number of aromatic nitrogens is 2. The van der Waals surface area contributed by atoms with Crippen LogP contribution in [0.3, 0.4) is 0 Å². The lowest BCUT2D eigenvalue weighted by molar-refractivity contribution is 0.0951. The molecule has 2 heterocycles. The molecule has 2 aromatic rings. The third-order valence-electron chi connectivity index (χ3n) is 3.85. The van der Waals surface area contributed by atoms with E-state index in [1.54, 1.807) is 6.07 Å². The summed E-state index contributed by atoms with van der Waals surface area (Å²) in [5, 5.41) is 0. The average Bonchev–Trinajstić information content (AvgIpc) is 3.04. The first-order chi connectivity index (χ1) is 9.70.